The molecule has 148 valence electrons. The number of rotatable bonds is 5. The fraction of sp³-hybridized carbons (Fsp3) is 0.333. The van der Waals surface area contributed by atoms with Crippen LogP contribution in [0.1, 0.15) is 23.2 Å². The van der Waals surface area contributed by atoms with Crippen LogP contribution >= 0.6 is 0 Å². The van der Waals surface area contributed by atoms with Gasteiger partial charge < -0.3 is 19.7 Å². The average Bonchev–Trinajstić information content (AvgIpc) is 2.74. The van der Waals surface area contributed by atoms with E-state index in [2.05, 4.69) is 5.32 Å². The lowest BCUT2D eigenvalue weighted by atomic mass is 9.95. The van der Waals surface area contributed by atoms with Crippen LogP contribution in [-0.4, -0.2) is 44.0 Å². The predicted octanol–water partition coefficient (Wildman–Crippen LogP) is 3.33. The molecule has 1 aliphatic rings. The van der Waals surface area contributed by atoms with Gasteiger partial charge in [-0.25, -0.2) is 4.39 Å². The van der Waals surface area contributed by atoms with Crippen molar-refractivity contribution in [3.63, 3.8) is 0 Å². The molecule has 7 heteroatoms. The highest BCUT2D eigenvalue weighted by atomic mass is 19.1. The van der Waals surface area contributed by atoms with Gasteiger partial charge in [0, 0.05) is 36.3 Å². The Bertz CT molecular complexity index is 824. The first-order valence-corrected chi connectivity index (χ1v) is 9.09. The zero-order valence-electron chi connectivity index (χ0n) is 15.9. The highest BCUT2D eigenvalue weighted by Gasteiger charge is 2.28. The molecule has 6 nitrogen and oxygen atoms in total. The lowest BCUT2D eigenvalue weighted by Gasteiger charge is -2.31. The minimum absolute atomic E-state index is 0.109. The Labute approximate surface area is 163 Å². The summed E-state index contributed by atoms with van der Waals surface area (Å²) in [4.78, 5) is 27.0. The van der Waals surface area contributed by atoms with E-state index in [0.717, 1.165) is 0 Å². The van der Waals surface area contributed by atoms with Crippen LogP contribution in [0.2, 0.25) is 0 Å². The summed E-state index contributed by atoms with van der Waals surface area (Å²) in [5.74, 6) is 0.344. The van der Waals surface area contributed by atoms with Crippen molar-refractivity contribution in [2.45, 2.75) is 12.8 Å². The van der Waals surface area contributed by atoms with E-state index in [-0.39, 0.29) is 23.5 Å². The number of hydrogen-bond donors (Lipinski definition) is 1. The van der Waals surface area contributed by atoms with Crippen molar-refractivity contribution < 1.29 is 23.5 Å². The van der Waals surface area contributed by atoms with E-state index in [1.165, 1.54) is 38.5 Å². The van der Waals surface area contributed by atoms with Crippen molar-refractivity contribution >= 4 is 17.5 Å². The number of methoxy groups -OCH3 is 2. The van der Waals surface area contributed by atoms with E-state index in [4.69, 9.17) is 9.47 Å². The highest BCUT2D eigenvalue weighted by Crippen LogP contribution is 2.26. The quantitative estimate of drug-likeness (QED) is 0.856. The average molecular weight is 386 g/mol. The van der Waals surface area contributed by atoms with Crippen molar-refractivity contribution in [3.8, 4) is 11.5 Å². The second-order valence-corrected chi connectivity index (χ2v) is 6.66. The van der Waals surface area contributed by atoms with Crippen LogP contribution in [0.3, 0.4) is 0 Å². The maximum atomic E-state index is 13.0. The third-order valence-electron chi connectivity index (χ3n) is 4.86. The second kappa shape index (κ2) is 8.73. The van der Waals surface area contributed by atoms with Gasteiger partial charge in [0.2, 0.25) is 5.91 Å². The first kappa shape index (κ1) is 19.7. The molecule has 0 spiro atoms. The van der Waals surface area contributed by atoms with Gasteiger partial charge in [-0.3, -0.25) is 9.59 Å². The van der Waals surface area contributed by atoms with Crippen LogP contribution < -0.4 is 14.8 Å². The molecular formula is C21H23FN2O4. The number of carbonyl (C=O) groups is 2. The van der Waals surface area contributed by atoms with Gasteiger partial charge in [0.05, 0.1) is 14.2 Å². The summed E-state index contributed by atoms with van der Waals surface area (Å²) in [6.07, 6.45) is 1.14. The zero-order chi connectivity index (χ0) is 20.1. The normalized spacial score (nSPS) is 14.5. The van der Waals surface area contributed by atoms with Crippen molar-refractivity contribution in [1.82, 2.24) is 4.90 Å². The van der Waals surface area contributed by atoms with E-state index < -0.39 is 0 Å². The number of piperidine rings is 1. The number of likely N-dealkylation sites (tertiary alicyclic amines) is 1. The Balaban J connectivity index is 1.59. The number of hydrogen-bond acceptors (Lipinski definition) is 4. The van der Waals surface area contributed by atoms with E-state index >= 15 is 0 Å². The van der Waals surface area contributed by atoms with Crippen LogP contribution in [0.4, 0.5) is 10.1 Å². The third-order valence-corrected chi connectivity index (χ3v) is 4.86. The summed E-state index contributed by atoms with van der Waals surface area (Å²) in [6.45, 7) is 0.972. The molecule has 3 rings (SSSR count). The summed E-state index contributed by atoms with van der Waals surface area (Å²) >= 11 is 0. The summed E-state index contributed by atoms with van der Waals surface area (Å²) in [6, 6.07) is 10.7. The number of nitrogens with one attached hydrogen (secondary N) is 1. The number of nitrogens with zero attached hydrogens (tertiary/aromatic N) is 1. The molecule has 2 aromatic rings. The molecule has 0 bridgehead atoms. The SMILES string of the molecule is COc1cc(OC)cc(C(=O)N2CCC(C(=O)Nc3ccc(F)cc3)CC2)c1. The first-order chi connectivity index (χ1) is 13.5. The second-order valence-electron chi connectivity index (χ2n) is 6.66. The van der Waals surface area contributed by atoms with E-state index in [1.54, 1.807) is 23.1 Å². The molecule has 2 amide bonds. The molecule has 0 radical (unpaired) electrons. The highest BCUT2D eigenvalue weighted by molar-refractivity contribution is 5.96. The summed E-state index contributed by atoms with van der Waals surface area (Å²) in [5.41, 5.74) is 1.05. The largest absolute Gasteiger partial charge is 0.497 e. The Morgan fingerprint density at radius 1 is 1.00 bits per heavy atom. The van der Waals surface area contributed by atoms with Gasteiger partial charge in [-0.2, -0.15) is 0 Å². The van der Waals surface area contributed by atoms with Crippen molar-refractivity contribution in [1.29, 1.82) is 0 Å². The molecule has 0 aliphatic carbocycles. The monoisotopic (exact) mass is 386 g/mol. The number of carbonyl (C=O) groups excluding carboxylic acids is 2. The molecule has 1 aliphatic heterocycles. The van der Waals surface area contributed by atoms with Crippen LogP contribution in [-0.2, 0) is 4.79 Å². The minimum atomic E-state index is -0.348. The Kier molecular flexibility index (Phi) is 6.13. The number of anilines is 1. The maximum absolute atomic E-state index is 13.0. The molecule has 2 aromatic carbocycles. The smallest absolute Gasteiger partial charge is 0.254 e. The van der Waals surface area contributed by atoms with Crippen molar-refractivity contribution in [2.75, 3.05) is 32.6 Å². The zero-order valence-corrected chi connectivity index (χ0v) is 15.9. The Morgan fingerprint density at radius 3 is 2.11 bits per heavy atom. The van der Waals surface area contributed by atoms with Crippen LogP contribution in [0, 0.1) is 11.7 Å². The van der Waals surface area contributed by atoms with Gasteiger partial charge in [-0.15, -0.1) is 0 Å². The Morgan fingerprint density at radius 2 is 1.57 bits per heavy atom. The Hall–Kier alpha value is -3.09. The van der Waals surface area contributed by atoms with Gasteiger partial charge in [0.25, 0.3) is 5.91 Å². The van der Waals surface area contributed by atoms with Crippen molar-refractivity contribution in [2.24, 2.45) is 5.92 Å². The lowest BCUT2D eigenvalue weighted by molar-refractivity contribution is -0.121. The van der Waals surface area contributed by atoms with Gasteiger partial charge in [0.15, 0.2) is 0 Å². The number of benzene rings is 2. The standard InChI is InChI=1S/C21H23FN2O4/c1-27-18-11-15(12-19(13-18)28-2)21(26)24-9-7-14(8-10-24)20(25)23-17-5-3-16(22)4-6-17/h3-6,11-14H,7-10H2,1-2H3,(H,23,25). The van der Waals surface area contributed by atoms with Crippen LogP contribution in [0.25, 0.3) is 0 Å². The molecule has 0 saturated carbocycles. The fourth-order valence-corrected chi connectivity index (χ4v) is 3.24. The maximum Gasteiger partial charge on any atom is 0.254 e. The van der Waals surface area contributed by atoms with E-state index in [0.29, 0.717) is 48.7 Å². The molecule has 1 heterocycles. The molecular weight excluding hydrogens is 363 g/mol. The fourth-order valence-electron chi connectivity index (χ4n) is 3.24. The van der Waals surface area contributed by atoms with Crippen LogP contribution in [0.5, 0.6) is 11.5 Å². The number of ether oxygens (including phenoxy) is 2. The van der Waals surface area contributed by atoms with Gasteiger partial charge in [-0.05, 0) is 49.2 Å². The summed E-state index contributed by atoms with van der Waals surface area (Å²) in [7, 11) is 3.07. The predicted molar refractivity (Wildman–Crippen MR) is 103 cm³/mol. The summed E-state index contributed by atoms with van der Waals surface area (Å²) in [5, 5.41) is 2.80. The van der Waals surface area contributed by atoms with Gasteiger partial charge >= 0.3 is 0 Å². The van der Waals surface area contributed by atoms with Crippen LogP contribution in [0.15, 0.2) is 42.5 Å². The lowest BCUT2D eigenvalue weighted by Crippen LogP contribution is -2.41. The molecule has 0 unspecified atom stereocenters. The molecule has 1 N–H and O–H groups in total. The topological polar surface area (TPSA) is 67.9 Å². The summed E-state index contributed by atoms with van der Waals surface area (Å²) < 4.78 is 23.4. The van der Waals surface area contributed by atoms with Gasteiger partial charge in [0.1, 0.15) is 17.3 Å². The third kappa shape index (κ3) is 4.60. The van der Waals surface area contributed by atoms with Gasteiger partial charge in [-0.1, -0.05) is 0 Å². The molecule has 1 fully saturated rings. The first-order valence-electron chi connectivity index (χ1n) is 9.09. The van der Waals surface area contributed by atoms with Crippen molar-refractivity contribution in [3.05, 3.63) is 53.8 Å². The molecule has 1 saturated heterocycles. The molecule has 28 heavy (non-hydrogen) atoms. The molecule has 0 aromatic heterocycles. The number of amides is 2. The van der Waals surface area contributed by atoms with E-state index in [9.17, 15) is 14.0 Å². The minimum Gasteiger partial charge on any atom is -0.497 e. The molecule has 0 atom stereocenters. The number of halogens is 1. The van der Waals surface area contributed by atoms with E-state index in [1.807, 2.05) is 0 Å².